The highest BCUT2D eigenvalue weighted by molar-refractivity contribution is 6.07. The van der Waals surface area contributed by atoms with Gasteiger partial charge in [0, 0.05) is 23.5 Å². The van der Waals surface area contributed by atoms with Gasteiger partial charge in [-0.25, -0.2) is 0 Å². The van der Waals surface area contributed by atoms with Crippen LogP contribution in [0.5, 0.6) is 5.75 Å². The molecule has 2 amide bonds. The standard InChI is InChI=1S/C25H24N2O3/c1-2-30-22-13-7-18(8-14-22)17-24(28)26-21-11-9-20(10-12-21)25(29)27-16-15-19-5-3-4-6-23(19)27/h3-14H,2,15-17H2,1H3,(H,26,28). The van der Waals surface area contributed by atoms with E-state index in [1.165, 1.54) is 5.56 Å². The quantitative estimate of drug-likeness (QED) is 0.664. The third-order valence-corrected chi connectivity index (χ3v) is 5.15. The summed E-state index contributed by atoms with van der Waals surface area (Å²) in [6.45, 7) is 3.24. The Bertz CT molecular complexity index is 1040. The molecule has 30 heavy (non-hydrogen) atoms. The van der Waals surface area contributed by atoms with E-state index < -0.39 is 0 Å². The van der Waals surface area contributed by atoms with Crippen molar-refractivity contribution >= 4 is 23.2 Å². The summed E-state index contributed by atoms with van der Waals surface area (Å²) in [7, 11) is 0. The Balaban J connectivity index is 1.36. The van der Waals surface area contributed by atoms with Gasteiger partial charge in [0.2, 0.25) is 5.91 Å². The van der Waals surface area contributed by atoms with Crippen LogP contribution in [-0.4, -0.2) is 25.0 Å². The molecular weight excluding hydrogens is 376 g/mol. The zero-order chi connectivity index (χ0) is 20.9. The molecule has 4 rings (SSSR count). The lowest BCUT2D eigenvalue weighted by atomic mass is 10.1. The molecule has 0 aliphatic carbocycles. The molecule has 0 unspecified atom stereocenters. The molecule has 0 atom stereocenters. The van der Waals surface area contributed by atoms with E-state index in [2.05, 4.69) is 11.4 Å². The molecule has 0 bridgehead atoms. The molecule has 1 heterocycles. The van der Waals surface area contributed by atoms with E-state index in [4.69, 9.17) is 4.74 Å². The molecule has 0 saturated carbocycles. The summed E-state index contributed by atoms with van der Waals surface area (Å²) in [6, 6.07) is 22.6. The molecular formula is C25H24N2O3. The van der Waals surface area contributed by atoms with Crippen LogP contribution in [-0.2, 0) is 17.6 Å². The summed E-state index contributed by atoms with van der Waals surface area (Å²) in [5, 5.41) is 2.89. The van der Waals surface area contributed by atoms with Crippen molar-refractivity contribution in [3.05, 3.63) is 89.5 Å². The Labute approximate surface area is 176 Å². The Hall–Kier alpha value is -3.60. The number of carbonyl (C=O) groups excluding carboxylic acids is 2. The van der Waals surface area contributed by atoms with Crippen LogP contribution < -0.4 is 15.0 Å². The lowest BCUT2D eigenvalue weighted by Gasteiger charge is -2.17. The van der Waals surface area contributed by atoms with E-state index in [1.807, 2.05) is 54.3 Å². The van der Waals surface area contributed by atoms with Crippen molar-refractivity contribution in [1.29, 1.82) is 0 Å². The Kier molecular flexibility index (Phi) is 5.80. The predicted octanol–water partition coefficient (Wildman–Crippen LogP) is 4.47. The van der Waals surface area contributed by atoms with Crippen LogP contribution in [0.25, 0.3) is 0 Å². The largest absolute Gasteiger partial charge is 0.494 e. The first-order chi connectivity index (χ1) is 14.6. The molecule has 0 radical (unpaired) electrons. The number of hydrogen-bond acceptors (Lipinski definition) is 3. The van der Waals surface area contributed by atoms with E-state index in [1.54, 1.807) is 24.3 Å². The second-order valence-electron chi connectivity index (χ2n) is 7.21. The fraction of sp³-hybridized carbons (Fsp3) is 0.200. The summed E-state index contributed by atoms with van der Waals surface area (Å²) in [5.74, 6) is 0.668. The van der Waals surface area contributed by atoms with Gasteiger partial charge in [-0.15, -0.1) is 0 Å². The summed E-state index contributed by atoms with van der Waals surface area (Å²) in [6.07, 6.45) is 1.15. The molecule has 3 aromatic rings. The fourth-order valence-corrected chi connectivity index (χ4v) is 3.66. The van der Waals surface area contributed by atoms with Gasteiger partial charge in [0.05, 0.1) is 13.0 Å². The molecule has 0 spiro atoms. The summed E-state index contributed by atoms with van der Waals surface area (Å²) in [4.78, 5) is 27.0. The summed E-state index contributed by atoms with van der Waals surface area (Å²) < 4.78 is 5.42. The maximum absolute atomic E-state index is 12.9. The minimum Gasteiger partial charge on any atom is -0.494 e. The first kappa shape index (κ1) is 19.7. The van der Waals surface area contributed by atoms with Crippen molar-refractivity contribution in [2.24, 2.45) is 0 Å². The van der Waals surface area contributed by atoms with Gasteiger partial charge in [-0.1, -0.05) is 30.3 Å². The third-order valence-electron chi connectivity index (χ3n) is 5.15. The highest BCUT2D eigenvalue weighted by Crippen LogP contribution is 2.29. The number of hydrogen-bond donors (Lipinski definition) is 1. The Morgan fingerprint density at radius 2 is 1.70 bits per heavy atom. The normalized spacial score (nSPS) is 12.4. The second-order valence-corrected chi connectivity index (χ2v) is 7.21. The highest BCUT2D eigenvalue weighted by atomic mass is 16.5. The van der Waals surface area contributed by atoms with E-state index in [0.29, 0.717) is 24.4 Å². The SMILES string of the molecule is CCOc1ccc(CC(=O)Nc2ccc(C(=O)N3CCc4ccccc43)cc2)cc1. The van der Waals surface area contributed by atoms with E-state index in [9.17, 15) is 9.59 Å². The van der Waals surface area contributed by atoms with Crippen LogP contribution in [0.2, 0.25) is 0 Å². The Morgan fingerprint density at radius 1 is 0.967 bits per heavy atom. The van der Waals surface area contributed by atoms with Crippen molar-refractivity contribution in [3.63, 3.8) is 0 Å². The first-order valence-electron chi connectivity index (χ1n) is 10.2. The molecule has 1 N–H and O–H groups in total. The van der Waals surface area contributed by atoms with E-state index in [0.717, 1.165) is 23.4 Å². The van der Waals surface area contributed by atoms with Gasteiger partial charge < -0.3 is 15.0 Å². The number of amides is 2. The van der Waals surface area contributed by atoms with Crippen molar-refractivity contribution in [2.45, 2.75) is 19.8 Å². The van der Waals surface area contributed by atoms with Crippen LogP contribution >= 0.6 is 0 Å². The van der Waals surface area contributed by atoms with Crippen LogP contribution in [0.15, 0.2) is 72.8 Å². The zero-order valence-electron chi connectivity index (χ0n) is 16.9. The van der Waals surface area contributed by atoms with Crippen molar-refractivity contribution in [3.8, 4) is 5.75 Å². The molecule has 0 saturated heterocycles. The topological polar surface area (TPSA) is 58.6 Å². The van der Waals surface area contributed by atoms with Gasteiger partial charge >= 0.3 is 0 Å². The monoisotopic (exact) mass is 400 g/mol. The van der Waals surface area contributed by atoms with Gasteiger partial charge in [0.1, 0.15) is 5.75 Å². The summed E-state index contributed by atoms with van der Waals surface area (Å²) in [5.41, 5.74) is 4.37. The third kappa shape index (κ3) is 4.35. The van der Waals surface area contributed by atoms with E-state index >= 15 is 0 Å². The van der Waals surface area contributed by atoms with Gasteiger partial charge in [-0.05, 0) is 66.9 Å². The van der Waals surface area contributed by atoms with Crippen molar-refractivity contribution in [2.75, 3.05) is 23.4 Å². The van der Waals surface area contributed by atoms with Crippen molar-refractivity contribution < 1.29 is 14.3 Å². The average molecular weight is 400 g/mol. The molecule has 1 aliphatic rings. The van der Waals surface area contributed by atoms with Crippen LogP contribution in [0.3, 0.4) is 0 Å². The number of rotatable bonds is 6. The van der Waals surface area contributed by atoms with Crippen LogP contribution in [0.1, 0.15) is 28.4 Å². The smallest absolute Gasteiger partial charge is 0.258 e. The average Bonchev–Trinajstić information content (AvgIpc) is 3.19. The highest BCUT2D eigenvalue weighted by Gasteiger charge is 2.24. The van der Waals surface area contributed by atoms with Gasteiger partial charge in [0.25, 0.3) is 5.91 Å². The maximum Gasteiger partial charge on any atom is 0.258 e. The van der Waals surface area contributed by atoms with Gasteiger partial charge in [-0.3, -0.25) is 9.59 Å². The predicted molar refractivity (Wildman–Crippen MR) is 118 cm³/mol. The van der Waals surface area contributed by atoms with Crippen LogP contribution in [0.4, 0.5) is 11.4 Å². The second kappa shape index (κ2) is 8.82. The van der Waals surface area contributed by atoms with E-state index in [-0.39, 0.29) is 18.2 Å². The lowest BCUT2D eigenvalue weighted by molar-refractivity contribution is -0.115. The molecule has 1 aliphatic heterocycles. The minimum atomic E-state index is -0.105. The number of carbonyl (C=O) groups is 2. The molecule has 3 aromatic carbocycles. The molecule has 0 aromatic heterocycles. The molecule has 5 nitrogen and oxygen atoms in total. The lowest BCUT2D eigenvalue weighted by Crippen LogP contribution is -2.28. The number of nitrogens with zero attached hydrogens (tertiary/aromatic N) is 1. The fourth-order valence-electron chi connectivity index (χ4n) is 3.66. The van der Waals surface area contributed by atoms with Crippen molar-refractivity contribution in [1.82, 2.24) is 0 Å². The summed E-state index contributed by atoms with van der Waals surface area (Å²) >= 11 is 0. The van der Waals surface area contributed by atoms with Gasteiger partial charge in [-0.2, -0.15) is 0 Å². The number of para-hydroxylation sites is 1. The minimum absolute atomic E-state index is 0.0211. The number of anilines is 2. The number of nitrogens with one attached hydrogen (secondary N) is 1. The number of ether oxygens (including phenoxy) is 1. The molecule has 5 heteroatoms. The maximum atomic E-state index is 12.9. The van der Waals surface area contributed by atoms with Crippen LogP contribution in [0, 0.1) is 0 Å². The molecule has 152 valence electrons. The number of benzene rings is 3. The number of fused-ring (bicyclic) bond motifs is 1. The Morgan fingerprint density at radius 3 is 2.43 bits per heavy atom. The first-order valence-corrected chi connectivity index (χ1v) is 10.2. The molecule has 0 fully saturated rings. The zero-order valence-corrected chi connectivity index (χ0v) is 16.9. The van der Waals surface area contributed by atoms with Gasteiger partial charge in [0.15, 0.2) is 0 Å².